The van der Waals surface area contributed by atoms with Crippen molar-refractivity contribution in [2.24, 2.45) is 4.99 Å². The molecule has 2 aromatic carbocycles. The second-order valence-electron chi connectivity index (χ2n) is 5.61. The molecule has 0 aromatic heterocycles. The highest BCUT2D eigenvalue weighted by Gasteiger charge is 2.29. The lowest BCUT2D eigenvalue weighted by atomic mass is 10.1. The van der Waals surface area contributed by atoms with Gasteiger partial charge in [-0.15, -0.1) is 0 Å². The maximum absolute atomic E-state index is 13.1. The Morgan fingerprint density at radius 2 is 1.96 bits per heavy atom. The Bertz CT molecular complexity index is 903. The van der Waals surface area contributed by atoms with Crippen LogP contribution in [0.4, 0.5) is 11.4 Å². The number of thioether (sulfide) groups is 1. The van der Waals surface area contributed by atoms with Crippen LogP contribution in [-0.2, 0) is 0 Å². The lowest BCUT2D eigenvalue weighted by molar-refractivity contribution is -0.384. The fourth-order valence-corrected chi connectivity index (χ4v) is 3.75. The molecule has 1 heterocycles. The molecule has 0 fully saturated rings. The predicted molar refractivity (Wildman–Crippen MR) is 106 cm³/mol. The number of rotatable bonds is 3. The fraction of sp³-hybridized carbons (Fsp3) is 0.176. The molecule has 134 valence electrons. The van der Waals surface area contributed by atoms with Gasteiger partial charge in [-0.2, -0.15) is 0 Å². The number of anilines is 1. The molecule has 0 spiro atoms. The molecule has 1 aliphatic heterocycles. The molecule has 1 aliphatic rings. The van der Waals surface area contributed by atoms with E-state index >= 15 is 0 Å². The van der Waals surface area contributed by atoms with Gasteiger partial charge in [-0.05, 0) is 43.3 Å². The quantitative estimate of drug-likeness (QED) is 0.525. The number of halogens is 2. The lowest BCUT2D eigenvalue weighted by Gasteiger charge is -2.22. The summed E-state index contributed by atoms with van der Waals surface area (Å²) in [5.41, 5.74) is 0.416. The summed E-state index contributed by atoms with van der Waals surface area (Å²) in [6.45, 7) is 1.96. The Kier molecular flexibility index (Phi) is 5.50. The van der Waals surface area contributed by atoms with E-state index in [9.17, 15) is 14.9 Å². The highest BCUT2D eigenvalue weighted by Crippen LogP contribution is 2.30. The maximum atomic E-state index is 13.1. The minimum atomic E-state index is -0.615. The summed E-state index contributed by atoms with van der Waals surface area (Å²) in [7, 11) is 0. The van der Waals surface area contributed by atoms with Gasteiger partial charge < -0.3 is 0 Å². The van der Waals surface area contributed by atoms with Gasteiger partial charge in [0, 0.05) is 22.4 Å². The number of carbonyl (C=O) groups excluding carboxylic acids is 1. The smallest absolute Gasteiger partial charge is 0.268 e. The van der Waals surface area contributed by atoms with Crippen molar-refractivity contribution < 1.29 is 9.72 Å². The molecule has 26 heavy (non-hydrogen) atoms. The number of nitro groups is 1. The van der Waals surface area contributed by atoms with Crippen molar-refractivity contribution in [3.63, 3.8) is 0 Å². The molecule has 0 N–H and O–H groups in total. The van der Waals surface area contributed by atoms with Gasteiger partial charge in [-0.1, -0.05) is 35.0 Å². The van der Waals surface area contributed by atoms with Crippen LogP contribution in [0.15, 0.2) is 47.5 Å². The second-order valence-corrected chi connectivity index (χ2v) is 7.44. The zero-order chi connectivity index (χ0) is 18.8. The summed E-state index contributed by atoms with van der Waals surface area (Å²) in [5, 5.41) is 12.2. The van der Waals surface area contributed by atoms with Crippen LogP contribution in [0.25, 0.3) is 0 Å². The molecule has 1 amide bonds. The standard InChI is InChI=1S/C17H13Cl2N3O3S/c1-10-9-26-17(20-10)21(13-5-3-12(18)4-6-13)16(23)11-2-7-14(19)15(8-11)22(24)25/h2-8,10H,9H2,1H3/t10-/m0/s1. The Morgan fingerprint density at radius 1 is 1.27 bits per heavy atom. The monoisotopic (exact) mass is 409 g/mol. The number of carbonyl (C=O) groups is 1. The molecule has 2 aromatic rings. The van der Waals surface area contributed by atoms with Crippen LogP contribution in [0.1, 0.15) is 17.3 Å². The van der Waals surface area contributed by atoms with E-state index in [1.54, 1.807) is 24.3 Å². The Labute approximate surface area is 164 Å². The number of aliphatic imine (C=N–C) groups is 1. The van der Waals surface area contributed by atoms with E-state index in [1.807, 2.05) is 6.92 Å². The largest absolute Gasteiger partial charge is 0.288 e. The first-order valence-electron chi connectivity index (χ1n) is 7.61. The van der Waals surface area contributed by atoms with Gasteiger partial charge in [0.2, 0.25) is 0 Å². The number of benzene rings is 2. The van der Waals surface area contributed by atoms with E-state index in [2.05, 4.69) is 4.99 Å². The van der Waals surface area contributed by atoms with Gasteiger partial charge in [0.05, 0.1) is 16.7 Å². The highest BCUT2D eigenvalue weighted by atomic mass is 35.5. The molecule has 0 unspecified atom stereocenters. The van der Waals surface area contributed by atoms with Crippen molar-refractivity contribution in [1.29, 1.82) is 0 Å². The molecule has 3 rings (SSSR count). The molecule has 0 radical (unpaired) electrons. The Morgan fingerprint density at radius 3 is 2.54 bits per heavy atom. The average molecular weight is 410 g/mol. The molecule has 0 bridgehead atoms. The normalized spacial score (nSPS) is 16.3. The summed E-state index contributed by atoms with van der Waals surface area (Å²) in [4.78, 5) is 29.6. The van der Waals surface area contributed by atoms with Crippen molar-refractivity contribution >= 4 is 57.4 Å². The topological polar surface area (TPSA) is 75.8 Å². The van der Waals surface area contributed by atoms with Crippen LogP contribution >= 0.6 is 35.0 Å². The fourth-order valence-electron chi connectivity index (χ4n) is 2.40. The average Bonchev–Trinajstić information content (AvgIpc) is 3.03. The van der Waals surface area contributed by atoms with E-state index in [0.29, 0.717) is 15.9 Å². The number of hydrogen-bond acceptors (Lipinski definition) is 5. The number of amidine groups is 1. The van der Waals surface area contributed by atoms with Crippen LogP contribution in [-0.4, -0.2) is 27.8 Å². The minimum Gasteiger partial charge on any atom is -0.268 e. The first-order chi connectivity index (χ1) is 12.4. The lowest BCUT2D eigenvalue weighted by Crippen LogP contribution is -2.34. The Hall–Kier alpha value is -2.09. The summed E-state index contributed by atoms with van der Waals surface area (Å²) < 4.78 is 0. The van der Waals surface area contributed by atoms with Crippen LogP contribution < -0.4 is 4.90 Å². The number of nitrogens with zero attached hydrogens (tertiary/aromatic N) is 3. The molecule has 0 saturated heterocycles. The number of hydrogen-bond donors (Lipinski definition) is 0. The third-order valence-electron chi connectivity index (χ3n) is 3.65. The third kappa shape index (κ3) is 3.85. The third-order valence-corrected chi connectivity index (χ3v) is 5.42. The van der Waals surface area contributed by atoms with Crippen LogP contribution in [0, 0.1) is 10.1 Å². The molecule has 0 saturated carbocycles. The number of amides is 1. The van der Waals surface area contributed by atoms with Crippen molar-refractivity contribution in [2.75, 3.05) is 10.7 Å². The second kappa shape index (κ2) is 7.65. The molecular weight excluding hydrogens is 397 g/mol. The van der Waals surface area contributed by atoms with E-state index in [4.69, 9.17) is 23.2 Å². The summed E-state index contributed by atoms with van der Waals surface area (Å²) in [5.74, 6) is 0.334. The highest BCUT2D eigenvalue weighted by molar-refractivity contribution is 8.14. The minimum absolute atomic E-state index is 0.0224. The predicted octanol–water partition coefficient (Wildman–Crippen LogP) is 5.04. The first kappa shape index (κ1) is 18.7. The van der Waals surface area contributed by atoms with Gasteiger partial charge in [0.15, 0.2) is 5.17 Å². The summed E-state index contributed by atoms with van der Waals surface area (Å²) >= 11 is 13.2. The van der Waals surface area contributed by atoms with E-state index in [0.717, 1.165) is 5.75 Å². The van der Waals surface area contributed by atoms with Crippen molar-refractivity contribution in [3.8, 4) is 0 Å². The zero-order valence-electron chi connectivity index (χ0n) is 13.6. The van der Waals surface area contributed by atoms with E-state index in [-0.39, 0.29) is 22.3 Å². The molecule has 9 heteroatoms. The SMILES string of the molecule is C[C@H]1CSC(N(C(=O)c2ccc(Cl)c([N+](=O)[O-])c2)c2ccc(Cl)cc2)=N1. The van der Waals surface area contributed by atoms with Crippen molar-refractivity contribution in [2.45, 2.75) is 13.0 Å². The zero-order valence-corrected chi connectivity index (χ0v) is 15.9. The summed E-state index contributed by atoms with van der Waals surface area (Å²) in [6, 6.07) is 10.8. The maximum Gasteiger partial charge on any atom is 0.288 e. The van der Waals surface area contributed by atoms with Crippen molar-refractivity contribution in [3.05, 3.63) is 68.2 Å². The van der Waals surface area contributed by atoms with Gasteiger partial charge >= 0.3 is 0 Å². The van der Waals surface area contributed by atoms with Gasteiger partial charge in [0.25, 0.3) is 11.6 Å². The molecule has 1 atom stereocenters. The van der Waals surface area contributed by atoms with Crippen LogP contribution in [0.2, 0.25) is 10.0 Å². The van der Waals surface area contributed by atoms with Crippen molar-refractivity contribution in [1.82, 2.24) is 0 Å². The summed E-state index contributed by atoms with van der Waals surface area (Å²) in [6.07, 6.45) is 0. The Balaban J connectivity index is 2.06. The van der Waals surface area contributed by atoms with Gasteiger partial charge in [-0.25, -0.2) is 0 Å². The van der Waals surface area contributed by atoms with Crippen LogP contribution in [0.3, 0.4) is 0 Å². The van der Waals surface area contributed by atoms with Gasteiger partial charge in [0.1, 0.15) is 5.02 Å². The van der Waals surface area contributed by atoms with Crippen LogP contribution in [0.5, 0.6) is 0 Å². The van der Waals surface area contributed by atoms with E-state index in [1.165, 1.54) is 34.9 Å². The number of nitro benzene ring substituents is 1. The van der Waals surface area contributed by atoms with Gasteiger partial charge in [-0.3, -0.25) is 24.8 Å². The van der Waals surface area contributed by atoms with E-state index < -0.39 is 10.8 Å². The molecule has 0 aliphatic carbocycles. The molecular formula is C17H13Cl2N3O3S. The molecule has 6 nitrogen and oxygen atoms in total. The first-order valence-corrected chi connectivity index (χ1v) is 9.35.